The lowest BCUT2D eigenvalue weighted by Crippen LogP contribution is -2.13. The fraction of sp³-hybridized carbons (Fsp3) is 0.588. The van der Waals surface area contributed by atoms with Crippen LogP contribution >= 0.6 is 0 Å². The Kier molecular flexibility index (Phi) is 16.0. The van der Waals surface area contributed by atoms with Gasteiger partial charge in [-0.2, -0.15) is 0 Å². The Morgan fingerprint density at radius 3 is 1.77 bits per heavy atom. The Morgan fingerprint density at radius 2 is 1.18 bits per heavy atom. The summed E-state index contributed by atoms with van der Waals surface area (Å²) in [5.41, 5.74) is 0.887. The third-order valence-corrected chi connectivity index (χ3v) is 6.88. The van der Waals surface area contributed by atoms with Crippen molar-refractivity contribution in [3.05, 3.63) is 59.7 Å². The molecule has 39 heavy (non-hydrogen) atoms. The molecule has 5 nitrogen and oxygen atoms in total. The molecule has 0 radical (unpaired) electrons. The van der Waals surface area contributed by atoms with Gasteiger partial charge in [0.2, 0.25) is 0 Å². The van der Waals surface area contributed by atoms with Crippen molar-refractivity contribution in [2.45, 2.75) is 105 Å². The molecule has 216 valence electrons. The number of ether oxygens (including phenoxy) is 3. The van der Waals surface area contributed by atoms with Gasteiger partial charge < -0.3 is 14.2 Å². The van der Waals surface area contributed by atoms with E-state index < -0.39 is 5.97 Å². The molecule has 0 heterocycles. The van der Waals surface area contributed by atoms with Gasteiger partial charge in [0.05, 0.1) is 24.3 Å². The predicted molar refractivity (Wildman–Crippen MR) is 159 cm³/mol. The van der Waals surface area contributed by atoms with Crippen LogP contribution in [0.15, 0.2) is 48.5 Å². The maximum Gasteiger partial charge on any atom is 0.343 e. The Morgan fingerprint density at radius 1 is 0.641 bits per heavy atom. The summed E-state index contributed by atoms with van der Waals surface area (Å²) in [6.07, 6.45) is 14.9. The lowest BCUT2D eigenvalue weighted by atomic mass is 10.0. The third-order valence-electron chi connectivity index (χ3n) is 6.88. The first kappa shape index (κ1) is 32.4. The zero-order valence-corrected chi connectivity index (χ0v) is 24.7. The van der Waals surface area contributed by atoms with Crippen LogP contribution in [0.1, 0.15) is 125 Å². The Labute approximate surface area is 236 Å². The van der Waals surface area contributed by atoms with Crippen LogP contribution < -0.4 is 9.47 Å². The van der Waals surface area contributed by atoms with Crippen molar-refractivity contribution in [2.24, 2.45) is 11.8 Å². The number of unbranched alkanes of at least 4 members (excludes halogenated alkanes) is 8. The molecule has 0 aliphatic rings. The molecular formula is C34H50O5. The van der Waals surface area contributed by atoms with E-state index in [9.17, 15) is 9.59 Å². The number of carbonyl (C=O) groups excluding carboxylic acids is 2. The Bertz CT molecular complexity index is 933. The van der Waals surface area contributed by atoms with Gasteiger partial charge in [-0.15, -0.1) is 0 Å². The topological polar surface area (TPSA) is 61.8 Å². The summed E-state index contributed by atoms with van der Waals surface area (Å²) < 4.78 is 16.8. The summed E-state index contributed by atoms with van der Waals surface area (Å²) in [6.45, 7) is 9.89. The first-order valence-corrected chi connectivity index (χ1v) is 15.1. The highest BCUT2D eigenvalue weighted by Gasteiger charge is 2.13. The van der Waals surface area contributed by atoms with Crippen LogP contribution in [0, 0.1) is 11.8 Å². The van der Waals surface area contributed by atoms with Crippen LogP contribution in [0.4, 0.5) is 0 Å². The van der Waals surface area contributed by atoms with Gasteiger partial charge in [0.15, 0.2) is 0 Å². The molecule has 1 atom stereocenters. The molecule has 0 aliphatic carbocycles. The fourth-order valence-corrected chi connectivity index (χ4v) is 4.37. The highest BCUT2D eigenvalue weighted by atomic mass is 16.5. The molecule has 2 aromatic carbocycles. The lowest BCUT2D eigenvalue weighted by molar-refractivity contribution is 0.0442. The quantitative estimate of drug-likeness (QED) is 0.0954. The molecule has 0 spiro atoms. The van der Waals surface area contributed by atoms with Gasteiger partial charge in [-0.05, 0) is 73.2 Å². The molecule has 0 N–H and O–H groups in total. The smallest absolute Gasteiger partial charge is 0.343 e. The van der Waals surface area contributed by atoms with E-state index in [0.29, 0.717) is 41.9 Å². The number of hydrogen-bond acceptors (Lipinski definition) is 5. The number of hydrogen-bond donors (Lipinski definition) is 0. The van der Waals surface area contributed by atoms with Gasteiger partial charge in [-0.1, -0.05) is 91.9 Å². The van der Waals surface area contributed by atoms with Crippen molar-refractivity contribution in [3.63, 3.8) is 0 Å². The normalized spacial score (nSPS) is 11.8. The van der Waals surface area contributed by atoms with E-state index in [2.05, 4.69) is 27.7 Å². The summed E-state index contributed by atoms with van der Waals surface area (Å²) in [6, 6.07) is 13.5. The molecule has 0 fully saturated rings. The minimum atomic E-state index is -0.453. The summed E-state index contributed by atoms with van der Waals surface area (Å²) in [5.74, 6) is 1.35. The zero-order valence-electron chi connectivity index (χ0n) is 24.7. The highest BCUT2D eigenvalue weighted by Crippen LogP contribution is 2.19. The predicted octanol–water partition coefficient (Wildman–Crippen LogP) is 9.43. The first-order valence-electron chi connectivity index (χ1n) is 15.1. The van der Waals surface area contributed by atoms with Crippen LogP contribution in [-0.2, 0) is 4.74 Å². The summed E-state index contributed by atoms with van der Waals surface area (Å²) in [4.78, 5) is 24.9. The Hall–Kier alpha value is -2.82. The molecule has 0 bridgehead atoms. The van der Waals surface area contributed by atoms with E-state index in [-0.39, 0.29) is 5.97 Å². The molecule has 1 unspecified atom stereocenters. The van der Waals surface area contributed by atoms with E-state index in [1.807, 2.05) is 0 Å². The molecular weight excluding hydrogens is 488 g/mol. The summed E-state index contributed by atoms with van der Waals surface area (Å²) >= 11 is 0. The van der Waals surface area contributed by atoms with Crippen LogP contribution in [0.2, 0.25) is 0 Å². The molecule has 0 aromatic heterocycles. The zero-order chi connectivity index (χ0) is 28.3. The summed E-state index contributed by atoms with van der Waals surface area (Å²) in [5, 5.41) is 0. The second-order valence-electron chi connectivity index (χ2n) is 11.1. The average Bonchev–Trinajstić information content (AvgIpc) is 2.93. The van der Waals surface area contributed by atoms with Gasteiger partial charge in [0.25, 0.3) is 0 Å². The number of carbonyl (C=O) groups is 2. The van der Waals surface area contributed by atoms with Gasteiger partial charge in [-0.3, -0.25) is 0 Å². The monoisotopic (exact) mass is 538 g/mol. The van der Waals surface area contributed by atoms with E-state index in [1.165, 1.54) is 57.8 Å². The average molecular weight is 539 g/mol. The minimum absolute atomic E-state index is 0.333. The van der Waals surface area contributed by atoms with Gasteiger partial charge in [0.1, 0.15) is 11.5 Å². The van der Waals surface area contributed by atoms with Crippen molar-refractivity contribution in [1.82, 2.24) is 0 Å². The number of benzene rings is 2. The molecule has 0 aliphatic heterocycles. The maximum atomic E-state index is 12.5. The second kappa shape index (κ2) is 19.3. The van der Waals surface area contributed by atoms with Crippen molar-refractivity contribution < 1.29 is 23.8 Å². The van der Waals surface area contributed by atoms with Crippen LogP contribution in [-0.4, -0.2) is 25.2 Å². The third kappa shape index (κ3) is 14.2. The summed E-state index contributed by atoms with van der Waals surface area (Å²) in [7, 11) is 0. The molecule has 2 aromatic rings. The number of esters is 2. The second-order valence-corrected chi connectivity index (χ2v) is 11.1. The lowest BCUT2D eigenvalue weighted by Gasteiger charge is -2.13. The molecule has 0 amide bonds. The van der Waals surface area contributed by atoms with E-state index in [4.69, 9.17) is 14.2 Å². The molecule has 2 rings (SSSR count). The van der Waals surface area contributed by atoms with Crippen LogP contribution in [0.5, 0.6) is 11.5 Å². The van der Waals surface area contributed by atoms with Crippen molar-refractivity contribution >= 4 is 11.9 Å². The van der Waals surface area contributed by atoms with Crippen molar-refractivity contribution in [1.29, 1.82) is 0 Å². The molecule has 0 saturated heterocycles. The molecule has 5 heteroatoms. The van der Waals surface area contributed by atoms with E-state index >= 15 is 0 Å². The SMILES string of the molecule is CCCCCCCCCCCOc1ccc(C(=O)Oc2ccc(C(=O)OCC(C)CCCC(C)C)cc2)cc1. The van der Waals surface area contributed by atoms with Crippen molar-refractivity contribution in [3.8, 4) is 11.5 Å². The van der Waals surface area contributed by atoms with E-state index in [1.54, 1.807) is 48.5 Å². The Balaban J connectivity index is 1.66. The standard InChI is InChI=1S/C34H50O5/c1-5-6-7-8-9-10-11-12-13-25-37-31-21-17-30(18-22-31)34(36)39-32-23-19-29(20-24-32)33(35)38-26-28(4)16-14-15-27(2)3/h17-24,27-28H,5-16,25-26H2,1-4H3. The molecule has 0 saturated carbocycles. The maximum absolute atomic E-state index is 12.5. The fourth-order valence-electron chi connectivity index (χ4n) is 4.37. The van der Waals surface area contributed by atoms with Crippen molar-refractivity contribution in [2.75, 3.05) is 13.2 Å². The van der Waals surface area contributed by atoms with Gasteiger partial charge in [0, 0.05) is 0 Å². The van der Waals surface area contributed by atoms with Crippen LogP contribution in [0.25, 0.3) is 0 Å². The van der Waals surface area contributed by atoms with E-state index in [0.717, 1.165) is 25.0 Å². The van der Waals surface area contributed by atoms with Crippen LogP contribution in [0.3, 0.4) is 0 Å². The van der Waals surface area contributed by atoms with Gasteiger partial charge >= 0.3 is 11.9 Å². The number of rotatable bonds is 20. The van der Waals surface area contributed by atoms with Gasteiger partial charge in [-0.25, -0.2) is 9.59 Å². The highest BCUT2D eigenvalue weighted by molar-refractivity contribution is 5.92. The minimum Gasteiger partial charge on any atom is -0.494 e. The first-order chi connectivity index (χ1) is 18.9. The largest absolute Gasteiger partial charge is 0.494 e.